The Hall–Kier alpha value is -1.30. The van der Waals surface area contributed by atoms with Crippen LogP contribution >= 0.6 is 0 Å². The maximum absolute atomic E-state index is 12.1. The number of hydrogen-bond acceptors (Lipinski definition) is 4. The molecule has 0 aromatic carbocycles. The Morgan fingerprint density at radius 1 is 1.53 bits per heavy atom. The number of carbonyl (C=O) groups excluding carboxylic acids is 2. The molecule has 0 bridgehead atoms. The summed E-state index contributed by atoms with van der Waals surface area (Å²) in [6.07, 6.45) is 1.91. The Bertz CT molecular complexity index is 275. The first-order chi connectivity index (χ1) is 8.10. The number of primary amides is 1. The first-order valence-corrected chi connectivity index (χ1v) is 6.02. The third-order valence-corrected chi connectivity index (χ3v) is 3.26. The van der Waals surface area contributed by atoms with Gasteiger partial charge in [-0.15, -0.1) is 0 Å². The lowest BCUT2D eigenvalue weighted by molar-refractivity contribution is -0.132. The van der Waals surface area contributed by atoms with Crippen LogP contribution in [-0.4, -0.2) is 38.2 Å². The van der Waals surface area contributed by atoms with Crippen molar-refractivity contribution in [2.75, 3.05) is 26.2 Å². The SMILES string of the molecule is CCC1(C(=O)NCCOC(N)=O)CCCNC1. The van der Waals surface area contributed by atoms with Crippen LogP contribution in [0.15, 0.2) is 0 Å². The lowest BCUT2D eigenvalue weighted by Crippen LogP contribution is -2.50. The van der Waals surface area contributed by atoms with Gasteiger partial charge < -0.3 is 21.1 Å². The van der Waals surface area contributed by atoms with Gasteiger partial charge in [0.15, 0.2) is 0 Å². The molecule has 1 aliphatic rings. The fourth-order valence-electron chi connectivity index (χ4n) is 2.13. The van der Waals surface area contributed by atoms with E-state index in [-0.39, 0.29) is 17.9 Å². The highest BCUT2D eigenvalue weighted by molar-refractivity contribution is 5.83. The molecule has 1 aliphatic heterocycles. The summed E-state index contributed by atoms with van der Waals surface area (Å²) >= 11 is 0. The highest BCUT2D eigenvalue weighted by atomic mass is 16.5. The van der Waals surface area contributed by atoms with Gasteiger partial charge in [-0.1, -0.05) is 6.92 Å². The third kappa shape index (κ3) is 3.89. The van der Waals surface area contributed by atoms with E-state index in [9.17, 15) is 9.59 Å². The van der Waals surface area contributed by atoms with E-state index in [4.69, 9.17) is 5.73 Å². The minimum absolute atomic E-state index is 0.0280. The van der Waals surface area contributed by atoms with E-state index < -0.39 is 6.09 Å². The molecule has 0 aromatic rings. The van der Waals surface area contributed by atoms with Crippen molar-refractivity contribution in [1.82, 2.24) is 10.6 Å². The van der Waals surface area contributed by atoms with Gasteiger partial charge in [0, 0.05) is 6.54 Å². The molecule has 1 heterocycles. The highest BCUT2D eigenvalue weighted by Crippen LogP contribution is 2.29. The van der Waals surface area contributed by atoms with Crippen molar-refractivity contribution in [3.05, 3.63) is 0 Å². The predicted molar refractivity (Wildman–Crippen MR) is 63.4 cm³/mol. The number of carbonyl (C=O) groups is 2. The van der Waals surface area contributed by atoms with E-state index in [2.05, 4.69) is 15.4 Å². The molecule has 1 unspecified atom stereocenters. The molecule has 1 rings (SSSR count). The average Bonchev–Trinajstić information content (AvgIpc) is 2.35. The Kier molecular flexibility index (Phi) is 5.21. The van der Waals surface area contributed by atoms with Gasteiger partial charge in [-0.05, 0) is 25.8 Å². The van der Waals surface area contributed by atoms with Crippen LogP contribution in [0.4, 0.5) is 4.79 Å². The number of nitrogens with one attached hydrogen (secondary N) is 2. The van der Waals surface area contributed by atoms with Crippen LogP contribution in [0.1, 0.15) is 26.2 Å². The second-order valence-electron chi connectivity index (χ2n) is 4.34. The summed E-state index contributed by atoms with van der Waals surface area (Å²) in [4.78, 5) is 22.4. The Balaban J connectivity index is 2.36. The van der Waals surface area contributed by atoms with Crippen molar-refractivity contribution < 1.29 is 14.3 Å². The van der Waals surface area contributed by atoms with Gasteiger partial charge in [-0.25, -0.2) is 4.79 Å². The van der Waals surface area contributed by atoms with Crippen LogP contribution in [-0.2, 0) is 9.53 Å². The van der Waals surface area contributed by atoms with Crippen molar-refractivity contribution >= 4 is 12.0 Å². The summed E-state index contributed by atoms with van der Waals surface area (Å²) in [7, 11) is 0. The molecular formula is C11H21N3O3. The molecule has 4 N–H and O–H groups in total. The van der Waals surface area contributed by atoms with E-state index in [1.807, 2.05) is 6.92 Å². The minimum Gasteiger partial charge on any atom is -0.448 e. The second kappa shape index (κ2) is 6.44. The zero-order chi connectivity index (χ0) is 12.7. The zero-order valence-electron chi connectivity index (χ0n) is 10.3. The van der Waals surface area contributed by atoms with Gasteiger partial charge in [0.25, 0.3) is 0 Å². The van der Waals surface area contributed by atoms with Crippen LogP contribution in [0.3, 0.4) is 0 Å². The number of hydrogen-bond donors (Lipinski definition) is 3. The average molecular weight is 243 g/mol. The fourth-order valence-corrected chi connectivity index (χ4v) is 2.13. The monoisotopic (exact) mass is 243 g/mol. The van der Waals surface area contributed by atoms with Gasteiger partial charge >= 0.3 is 6.09 Å². The summed E-state index contributed by atoms with van der Waals surface area (Å²) in [5.41, 5.74) is 4.51. The maximum Gasteiger partial charge on any atom is 0.404 e. The number of amides is 2. The molecule has 1 saturated heterocycles. The number of rotatable bonds is 5. The molecule has 0 radical (unpaired) electrons. The standard InChI is InChI=1S/C11H21N3O3/c1-2-11(4-3-5-13-8-11)9(15)14-6-7-17-10(12)16/h13H,2-8H2,1H3,(H2,12,16)(H,14,15). The lowest BCUT2D eigenvalue weighted by Gasteiger charge is -2.35. The fraction of sp³-hybridized carbons (Fsp3) is 0.818. The molecule has 1 atom stereocenters. The van der Waals surface area contributed by atoms with Crippen molar-refractivity contribution in [1.29, 1.82) is 0 Å². The van der Waals surface area contributed by atoms with Gasteiger partial charge in [0.1, 0.15) is 6.61 Å². The molecule has 98 valence electrons. The van der Waals surface area contributed by atoms with Crippen molar-refractivity contribution in [2.45, 2.75) is 26.2 Å². The molecule has 0 aliphatic carbocycles. The summed E-state index contributed by atoms with van der Waals surface area (Å²) in [6.45, 7) is 4.14. The summed E-state index contributed by atoms with van der Waals surface area (Å²) in [5.74, 6) is 0.0280. The smallest absolute Gasteiger partial charge is 0.404 e. The first-order valence-electron chi connectivity index (χ1n) is 6.02. The molecule has 0 aromatic heterocycles. The second-order valence-corrected chi connectivity index (χ2v) is 4.34. The predicted octanol–water partition coefficient (Wildman–Crippen LogP) is -0.0223. The number of ether oxygens (including phenoxy) is 1. The Labute approximate surface area is 101 Å². The van der Waals surface area contributed by atoms with Crippen LogP contribution in [0, 0.1) is 5.41 Å². The molecule has 0 spiro atoms. The summed E-state index contributed by atoms with van der Waals surface area (Å²) < 4.78 is 4.55. The van der Waals surface area contributed by atoms with E-state index >= 15 is 0 Å². The van der Waals surface area contributed by atoms with E-state index in [0.717, 1.165) is 25.8 Å². The topological polar surface area (TPSA) is 93.4 Å². The largest absolute Gasteiger partial charge is 0.448 e. The van der Waals surface area contributed by atoms with Crippen LogP contribution in [0.25, 0.3) is 0 Å². The van der Waals surface area contributed by atoms with E-state index in [1.165, 1.54) is 0 Å². The van der Waals surface area contributed by atoms with Gasteiger partial charge in [-0.3, -0.25) is 4.79 Å². The first kappa shape index (κ1) is 13.8. The zero-order valence-corrected chi connectivity index (χ0v) is 10.3. The summed E-state index contributed by atoms with van der Waals surface area (Å²) in [6, 6.07) is 0. The lowest BCUT2D eigenvalue weighted by atomic mass is 9.77. The molecule has 17 heavy (non-hydrogen) atoms. The quantitative estimate of drug-likeness (QED) is 0.591. The molecule has 6 heteroatoms. The van der Waals surface area contributed by atoms with E-state index in [0.29, 0.717) is 13.1 Å². The van der Waals surface area contributed by atoms with Gasteiger partial charge in [0.2, 0.25) is 5.91 Å². The van der Waals surface area contributed by atoms with E-state index in [1.54, 1.807) is 0 Å². The molecule has 1 fully saturated rings. The minimum atomic E-state index is -0.816. The van der Waals surface area contributed by atoms with Crippen LogP contribution in [0.5, 0.6) is 0 Å². The maximum atomic E-state index is 12.1. The Morgan fingerprint density at radius 3 is 2.82 bits per heavy atom. The van der Waals surface area contributed by atoms with Crippen molar-refractivity contribution in [2.24, 2.45) is 11.1 Å². The number of piperidine rings is 1. The molecular weight excluding hydrogens is 222 g/mol. The number of nitrogens with two attached hydrogens (primary N) is 1. The summed E-state index contributed by atoms with van der Waals surface area (Å²) in [5, 5.41) is 6.04. The molecule has 2 amide bonds. The molecule has 6 nitrogen and oxygen atoms in total. The third-order valence-electron chi connectivity index (χ3n) is 3.26. The van der Waals surface area contributed by atoms with Crippen LogP contribution in [0.2, 0.25) is 0 Å². The van der Waals surface area contributed by atoms with Gasteiger partial charge in [-0.2, -0.15) is 0 Å². The van der Waals surface area contributed by atoms with Crippen LogP contribution < -0.4 is 16.4 Å². The van der Waals surface area contributed by atoms with Crippen molar-refractivity contribution in [3.63, 3.8) is 0 Å². The van der Waals surface area contributed by atoms with Crippen molar-refractivity contribution in [3.8, 4) is 0 Å². The normalized spacial score (nSPS) is 24.1. The molecule has 0 saturated carbocycles. The highest BCUT2D eigenvalue weighted by Gasteiger charge is 2.37. The Morgan fingerprint density at radius 2 is 2.29 bits per heavy atom. The van der Waals surface area contributed by atoms with Gasteiger partial charge in [0.05, 0.1) is 12.0 Å².